The van der Waals surface area contributed by atoms with E-state index in [9.17, 15) is 9.59 Å². The summed E-state index contributed by atoms with van der Waals surface area (Å²) in [6.07, 6.45) is 1.81. The molecule has 3 rings (SSSR count). The molecule has 0 aliphatic carbocycles. The lowest BCUT2D eigenvalue weighted by atomic mass is 10.1. The summed E-state index contributed by atoms with van der Waals surface area (Å²) in [6, 6.07) is 8.56. The van der Waals surface area contributed by atoms with Crippen molar-refractivity contribution in [1.29, 1.82) is 0 Å². The number of nitrogens with zero attached hydrogens (tertiary/aromatic N) is 2. The standard InChI is InChI=1S/C18H22ClN5O2/c1-3-5-14-10-16(25)22-18(20-14)24-15(8-11(2)23-24)21-17(26)12-6-4-7-13(19)9-12/h4,6-9,14,18,20H,3,5,10H2,1-2H3,(H,21,26)(H,22,25). The van der Waals surface area contributed by atoms with Gasteiger partial charge < -0.3 is 10.6 Å². The van der Waals surface area contributed by atoms with Crippen molar-refractivity contribution >= 4 is 29.2 Å². The molecule has 1 fully saturated rings. The maximum absolute atomic E-state index is 12.5. The molecule has 0 saturated carbocycles. The first kappa shape index (κ1) is 18.4. The maximum atomic E-state index is 12.5. The van der Waals surface area contributed by atoms with Gasteiger partial charge in [-0.05, 0) is 31.5 Å². The number of amides is 2. The lowest BCUT2D eigenvalue weighted by Gasteiger charge is -2.32. The largest absolute Gasteiger partial charge is 0.322 e. The van der Waals surface area contributed by atoms with Crippen LogP contribution in [0.15, 0.2) is 30.3 Å². The molecule has 0 radical (unpaired) electrons. The highest BCUT2D eigenvalue weighted by atomic mass is 35.5. The van der Waals surface area contributed by atoms with E-state index < -0.39 is 6.29 Å². The molecule has 0 spiro atoms. The summed E-state index contributed by atoms with van der Waals surface area (Å²) in [5.74, 6) is 0.177. The van der Waals surface area contributed by atoms with Crippen molar-refractivity contribution in [3.8, 4) is 0 Å². The van der Waals surface area contributed by atoms with Crippen molar-refractivity contribution in [2.45, 2.75) is 45.4 Å². The number of nitrogens with one attached hydrogen (secondary N) is 3. The monoisotopic (exact) mass is 375 g/mol. The molecule has 1 saturated heterocycles. The molecule has 1 aliphatic heterocycles. The second kappa shape index (κ2) is 7.88. The van der Waals surface area contributed by atoms with Crippen LogP contribution in [0, 0.1) is 6.92 Å². The summed E-state index contributed by atoms with van der Waals surface area (Å²) in [4.78, 5) is 24.6. The third-order valence-electron chi connectivity index (χ3n) is 4.19. The molecular formula is C18H22ClN5O2. The van der Waals surface area contributed by atoms with Gasteiger partial charge in [-0.2, -0.15) is 5.10 Å². The van der Waals surface area contributed by atoms with Gasteiger partial charge in [-0.3, -0.25) is 14.9 Å². The van der Waals surface area contributed by atoms with E-state index in [0.29, 0.717) is 22.8 Å². The van der Waals surface area contributed by atoms with Gasteiger partial charge in [0.2, 0.25) is 5.91 Å². The second-order valence-electron chi connectivity index (χ2n) is 6.41. The van der Waals surface area contributed by atoms with Gasteiger partial charge in [0.15, 0.2) is 6.29 Å². The van der Waals surface area contributed by atoms with E-state index in [1.54, 1.807) is 35.0 Å². The Labute approximate surface area is 157 Å². The molecule has 0 bridgehead atoms. The summed E-state index contributed by atoms with van der Waals surface area (Å²) in [6.45, 7) is 3.91. The molecule has 2 heterocycles. The molecule has 2 atom stereocenters. The van der Waals surface area contributed by atoms with Gasteiger partial charge >= 0.3 is 0 Å². The molecule has 1 aliphatic rings. The number of carbonyl (C=O) groups excluding carboxylic acids is 2. The first-order chi connectivity index (χ1) is 12.5. The molecular weight excluding hydrogens is 354 g/mol. The van der Waals surface area contributed by atoms with Crippen molar-refractivity contribution in [2.24, 2.45) is 0 Å². The predicted molar refractivity (Wildman–Crippen MR) is 100.0 cm³/mol. The SMILES string of the molecule is CCCC1CC(=O)NC(n2nc(C)cc2NC(=O)c2cccc(Cl)c2)N1. The highest BCUT2D eigenvalue weighted by Gasteiger charge is 2.28. The number of benzene rings is 1. The molecule has 8 heteroatoms. The first-order valence-electron chi connectivity index (χ1n) is 8.64. The highest BCUT2D eigenvalue weighted by Crippen LogP contribution is 2.20. The van der Waals surface area contributed by atoms with Crippen molar-refractivity contribution in [2.75, 3.05) is 5.32 Å². The van der Waals surface area contributed by atoms with Gasteiger partial charge in [0.1, 0.15) is 5.82 Å². The average molecular weight is 376 g/mol. The van der Waals surface area contributed by atoms with Crippen LogP contribution >= 0.6 is 11.6 Å². The van der Waals surface area contributed by atoms with Crippen LogP contribution in [0.3, 0.4) is 0 Å². The van der Waals surface area contributed by atoms with Crippen molar-refractivity contribution in [1.82, 2.24) is 20.4 Å². The van der Waals surface area contributed by atoms with Crippen LogP contribution in [-0.4, -0.2) is 27.6 Å². The summed E-state index contributed by atoms with van der Waals surface area (Å²) < 4.78 is 1.59. The van der Waals surface area contributed by atoms with Crippen LogP contribution in [0.25, 0.3) is 0 Å². The molecule has 1 aromatic carbocycles. The van der Waals surface area contributed by atoms with E-state index in [0.717, 1.165) is 18.5 Å². The highest BCUT2D eigenvalue weighted by molar-refractivity contribution is 6.31. The van der Waals surface area contributed by atoms with Gasteiger partial charge in [0.05, 0.1) is 5.69 Å². The Bertz CT molecular complexity index is 820. The number of aromatic nitrogens is 2. The first-order valence-corrected chi connectivity index (χ1v) is 9.02. The van der Waals surface area contributed by atoms with Gasteiger partial charge in [-0.15, -0.1) is 0 Å². The normalized spacial score (nSPS) is 19.9. The zero-order valence-corrected chi connectivity index (χ0v) is 15.5. The third kappa shape index (κ3) is 4.23. The van der Waals surface area contributed by atoms with E-state index in [2.05, 4.69) is 28.0 Å². The zero-order chi connectivity index (χ0) is 18.7. The minimum Gasteiger partial charge on any atom is -0.322 e. The minimum atomic E-state index is -0.504. The predicted octanol–water partition coefficient (Wildman–Crippen LogP) is 2.83. The zero-order valence-electron chi connectivity index (χ0n) is 14.8. The van der Waals surface area contributed by atoms with Gasteiger partial charge in [0, 0.05) is 29.1 Å². The number of carbonyl (C=O) groups is 2. The number of anilines is 1. The molecule has 2 aromatic rings. The molecule has 26 heavy (non-hydrogen) atoms. The molecule has 2 amide bonds. The van der Waals surface area contributed by atoms with E-state index in [-0.39, 0.29) is 17.9 Å². The van der Waals surface area contributed by atoms with Crippen LogP contribution in [0.2, 0.25) is 5.02 Å². The molecule has 2 unspecified atom stereocenters. The quantitative estimate of drug-likeness (QED) is 0.749. The van der Waals surface area contributed by atoms with Crippen molar-refractivity contribution in [3.63, 3.8) is 0 Å². The van der Waals surface area contributed by atoms with Gasteiger partial charge in [0.25, 0.3) is 5.91 Å². The Morgan fingerprint density at radius 1 is 1.42 bits per heavy atom. The molecule has 3 N–H and O–H groups in total. The summed E-state index contributed by atoms with van der Waals surface area (Å²) in [7, 11) is 0. The smallest absolute Gasteiger partial charge is 0.256 e. The van der Waals surface area contributed by atoms with Crippen molar-refractivity contribution in [3.05, 3.63) is 46.6 Å². The molecule has 138 valence electrons. The van der Waals surface area contributed by atoms with Crippen LogP contribution in [0.5, 0.6) is 0 Å². The Morgan fingerprint density at radius 3 is 2.96 bits per heavy atom. The van der Waals surface area contributed by atoms with Crippen LogP contribution < -0.4 is 16.0 Å². The van der Waals surface area contributed by atoms with Crippen LogP contribution in [0.4, 0.5) is 5.82 Å². The Hall–Kier alpha value is -2.38. The fourth-order valence-electron chi connectivity index (χ4n) is 3.05. The summed E-state index contributed by atoms with van der Waals surface area (Å²) >= 11 is 5.96. The van der Waals surface area contributed by atoms with Gasteiger partial charge in [-0.1, -0.05) is 31.0 Å². The summed E-state index contributed by atoms with van der Waals surface area (Å²) in [5, 5.41) is 14.0. The Balaban J connectivity index is 1.81. The van der Waals surface area contributed by atoms with Crippen LogP contribution in [0.1, 0.15) is 48.5 Å². The number of halogens is 1. The van der Waals surface area contributed by atoms with Crippen LogP contribution in [-0.2, 0) is 4.79 Å². The van der Waals surface area contributed by atoms with E-state index in [1.165, 1.54) is 0 Å². The Morgan fingerprint density at radius 2 is 2.23 bits per heavy atom. The number of rotatable bonds is 5. The van der Waals surface area contributed by atoms with E-state index >= 15 is 0 Å². The topological polar surface area (TPSA) is 88.1 Å². The number of hydrogen-bond acceptors (Lipinski definition) is 4. The second-order valence-corrected chi connectivity index (χ2v) is 6.84. The summed E-state index contributed by atoms with van der Waals surface area (Å²) in [5.41, 5.74) is 1.19. The fraction of sp³-hybridized carbons (Fsp3) is 0.389. The maximum Gasteiger partial charge on any atom is 0.256 e. The van der Waals surface area contributed by atoms with E-state index in [4.69, 9.17) is 11.6 Å². The third-order valence-corrected chi connectivity index (χ3v) is 4.43. The van der Waals surface area contributed by atoms with E-state index in [1.807, 2.05) is 6.92 Å². The van der Waals surface area contributed by atoms with Gasteiger partial charge in [-0.25, -0.2) is 4.68 Å². The van der Waals surface area contributed by atoms with Crippen molar-refractivity contribution < 1.29 is 9.59 Å². The molecule has 1 aromatic heterocycles. The lowest BCUT2D eigenvalue weighted by molar-refractivity contribution is -0.125. The lowest BCUT2D eigenvalue weighted by Crippen LogP contribution is -2.53. The minimum absolute atomic E-state index is 0.0347. The molecule has 7 nitrogen and oxygen atoms in total. The Kier molecular flexibility index (Phi) is 5.58. The fourth-order valence-corrected chi connectivity index (χ4v) is 3.24. The average Bonchev–Trinajstić information content (AvgIpc) is 2.95. The number of hydrogen-bond donors (Lipinski definition) is 3. The number of aryl methyl sites for hydroxylation is 1.